The summed E-state index contributed by atoms with van der Waals surface area (Å²) in [5.74, 6) is 1.02. The van der Waals surface area contributed by atoms with E-state index in [1.807, 2.05) is 6.07 Å². The van der Waals surface area contributed by atoms with E-state index < -0.39 is 0 Å². The van der Waals surface area contributed by atoms with Gasteiger partial charge in [-0.2, -0.15) is 0 Å². The Hall–Kier alpha value is -1.71. The number of likely N-dealkylation sites (N-methyl/N-ethyl adjacent to an activating group) is 1. The number of methoxy groups -OCH3 is 1. The van der Waals surface area contributed by atoms with Crippen molar-refractivity contribution in [2.75, 3.05) is 32.1 Å². The number of hydrogen-bond donors (Lipinski definition) is 0. The molecule has 0 bridgehead atoms. The Bertz CT molecular complexity index is 791. The van der Waals surface area contributed by atoms with Crippen LogP contribution in [0.2, 0.25) is 5.02 Å². The first-order valence-corrected chi connectivity index (χ1v) is 9.34. The van der Waals surface area contributed by atoms with Crippen molar-refractivity contribution in [2.45, 2.75) is 31.8 Å². The topological polar surface area (TPSA) is 15.7 Å². The second-order valence-corrected chi connectivity index (χ2v) is 7.68. The summed E-state index contributed by atoms with van der Waals surface area (Å²) in [5, 5.41) is 0.808. The SMILES string of the molecule is COc1cccc2c1C[C@@H]1[C@@H](C2)N(C)CCN1c1ccc(Cl)cc1C. The molecule has 0 spiro atoms. The standard InChI is InChI=1S/C21H25ClN2O/c1-14-11-16(22)7-8-18(14)24-10-9-23(2)19-12-15-5-4-6-21(25-3)17(15)13-20(19)24/h4-8,11,19-20H,9-10,12-13H2,1-3H3/t19-,20-/m1/s1. The lowest BCUT2D eigenvalue weighted by atomic mass is 9.81. The summed E-state index contributed by atoms with van der Waals surface area (Å²) in [6.07, 6.45) is 2.10. The zero-order valence-corrected chi connectivity index (χ0v) is 15.9. The zero-order chi connectivity index (χ0) is 17.6. The molecule has 2 atom stereocenters. The van der Waals surface area contributed by atoms with E-state index >= 15 is 0 Å². The molecule has 2 aliphatic rings. The quantitative estimate of drug-likeness (QED) is 0.810. The zero-order valence-electron chi connectivity index (χ0n) is 15.1. The highest BCUT2D eigenvalue weighted by molar-refractivity contribution is 6.30. The molecule has 1 heterocycles. The maximum Gasteiger partial charge on any atom is 0.122 e. The number of benzene rings is 2. The van der Waals surface area contributed by atoms with Crippen LogP contribution in [0.15, 0.2) is 36.4 Å². The van der Waals surface area contributed by atoms with Crippen LogP contribution >= 0.6 is 11.6 Å². The first kappa shape index (κ1) is 16.7. The molecule has 4 heteroatoms. The summed E-state index contributed by atoms with van der Waals surface area (Å²) < 4.78 is 5.65. The van der Waals surface area contributed by atoms with Gasteiger partial charge in [-0.05, 0) is 67.8 Å². The number of piperazine rings is 1. The second-order valence-electron chi connectivity index (χ2n) is 7.25. The van der Waals surface area contributed by atoms with Crippen molar-refractivity contribution < 1.29 is 4.74 Å². The van der Waals surface area contributed by atoms with Crippen LogP contribution in [0.25, 0.3) is 0 Å². The van der Waals surface area contributed by atoms with Gasteiger partial charge in [0.1, 0.15) is 5.75 Å². The lowest BCUT2D eigenvalue weighted by Gasteiger charge is -2.50. The van der Waals surface area contributed by atoms with Gasteiger partial charge in [0.05, 0.1) is 7.11 Å². The Kier molecular flexibility index (Phi) is 4.38. The number of hydrogen-bond acceptors (Lipinski definition) is 3. The molecule has 1 fully saturated rings. The lowest BCUT2D eigenvalue weighted by Crippen LogP contribution is -2.61. The number of nitrogens with zero attached hydrogens (tertiary/aromatic N) is 2. The predicted octanol–water partition coefficient (Wildman–Crippen LogP) is 3.94. The van der Waals surface area contributed by atoms with Crippen molar-refractivity contribution in [1.82, 2.24) is 4.90 Å². The fourth-order valence-corrected chi connectivity index (χ4v) is 4.76. The second kappa shape index (κ2) is 6.54. The first-order chi connectivity index (χ1) is 12.1. The van der Waals surface area contributed by atoms with Gasteiger partial charge in [-0.25, -0.2) is 0 Å². The molecule has 1 aliphatic carbocycles. The van der Waals surface area contributed by atoms with E-state index in [4.69, 9.17) is 16.3 Å². The molecule has 0 saturated carbocycles. The summed E-state index contributed by atoms with van der Waals surface area (Å²) >= 11 is 6.18. The molecule has 0 radical (unpaired) electrons. The van der Waals surface area contributed by atoms with Crippen LogP contribution in [-0.4, -0.2) is 44.2 Å². The van der Waals surface area contributed by atoms with Gasteiger partial charge in [0.15, 0.2) is 0 Å². The van der Waals surface area contributed by atoms with E-state index in [1.165, 1.54) is 22.4 Å². The summed E-state index contributed by atoms with van der Waals surface area (Å²) in [7, 11) is 4.03. The average molecular weight is 357 g/mol. The van der Waals surface area contributed by atoms with Crippen LogP contribution in [0, 0.1) is 6.92 Å². The highest BCUT2D eigenvalue weighted by Gasteiger charge is 2.39. The number of aryl methyl sites for hydroxylation is 1. The van der Waals surface area contributed by atoms with Crippen LogP contribution in [0.1, 0.15) is 16.7 Å². The van der Waals surface area contributed by atoms with E-state index in [0.717, 1.165) is 36.7 Å². The number of fused-ring (bicyclic) bond motifs is 2. The molecule has 0 aromatic heterocycles. The van der Waals surface area contributed by atoms with Gasteiger partial charge < -0.3 is 9.64 Å². The van der Waals surface area contributed by atoms with Gasteiger partial charge in [-0.3, -0.25) is 4.90 Å². The minimum Gasteiger partial charge on any atom is -0.496 e. The molecule has 1 saturated heterocycles. The van der Waals surface area contributed by atoms with E-state index in [-0.39, 0.29) is 0 Å². The Morgan fingerprint density at radius 3 is 2.68 bits per heavy atom. The van der Waals surface area contributed by atoms with Gasteiger partial charge in [-0.15, -0.1) is 0 Å². The van der Waals surface area contributed by atoms with Crippen LogP contribution in [-0.2, 0) is 12.8 Å². The molecular weight excluding hydrogens is 332 g/mol. The molecule has 3 nitrogen and oxygen atoms in total. The summed E-state index contributed by atoms with van der Waals surface area (Å²) in [5.41, 5.74) is 5.37. The summed E-state index contributed by atoms with van der Waals surface area (Å²) in [6, 6.07) is 13.7. The molecular formula is C21H25ClN2O. The molecule has 1 aliphatic heterocycles. The van der Waals surface area contributed by atoms with Crippen molar-refractivity contribution >= 4 is 17.3 Å². The van der Waals surface area contributed by atoms with E-state index in [2.05, 4.69) is 54.1 Å². The molecule has 25 heavy (non-hydrogen) atoms. The van der Waals surface area contributed by atoms with Gasteiger partial charge in [0, 0.05) is 35.9 Å². The number of rotatable bonds is 2. The third-order valence-corrected chi connectivity index (χ3v) is 6.10. The summed E-state index contributed by atoms with van der Waals surface area (Å²) in [6.45, 7) is 4.29. The lowest BCUT2D eigenvalue weighted by molar-refractivity contribution is 0.163. The largest absolute Gasteiger partial charge is 0.496 e. The van der Waals surface area contributed by atoms with Crippen molar-refractivity contribution in [3.63, 3.8) is 0 Å². The van der Waals surface area contributed by atoms with Crippen LogP contribution < -0.4 is 9.64 Å². The first-order valence-electron chi connectivity index (χ1n) is 8.96. The maximum atomic E-state index is 6.18. The highest BCUT2D eigenvalue weighted by atomic mass is 35.5. The minimum atomic E-state index is 0.461. The molecule has 2 aromatic carbocycles. The third kappa shape index (κ3) is 2.90. The van der Waals surface area contributed by atoms with Crippen LogP contribution in [0.3, 0.4) is 0 Å². The Morgan fingerprint density at radius 1 is 1.08 bits per heavy atom. The molecule has 0 unspecified atom stereocenters. The average Bonchev–Trinajstić information content (AvgIpc) is 2.61. The summed E-state index contributed by atoms with van der Waals surface area (Å²) in [4.78, 5) is 5.11. The van der Waals surface area contributed by atoms with Gasteiger partial charge in [-0.1, -0.05) is 23.7 Å². The normalized spacial score (nSPS) is 23.1. The van der Waals surface area contributed by atoms with E-state index in [1.54, 1.807) is 7.11 Å². The van der Waals surface area contributed by atoms with Gasteiger partial charge >= 0.3 is 0 Å². The molecule has 4 rings (SSSR count). The van der Waals surface area contributed by atoms with Gasteiger partial charge in [0.25, 0.3) is 0 Å². The van der Waals surface area contributed by atoms with Crippen molar-refractivity contribution in [1.29, 1.82) is 0 Å². The third-order valence-electron chi connectivity index (χ3n) is 5.86. The maximum absolute atomic E-state index is 6.18. The fourth-order valence-electron chi connectivity index (χ4n) is 4.54. The van der Waals surface area contributed by atoms with Crippen LogP contribution in [0.5, 0.6) is 5.75 Å². The Labute approximate surface area is 155 Å². The monoisotopic (exact) mass is 356 g/mol. The van der Waals surface area contributed by atoms with Crippen molar-refractivity contribution in [2.24, 2.45) is 0 Å². The Morgan fingerprint density at radius 2 is 1.92 bits per heavy atom. The Balaban J connectivity index is 1.74. The van der Waals surface area contributed by atoms with E-state index in [9.17, 15) is 0 Å². The fraction of sp³-hybridized carbons (Fsp3) is 0.429. The molecule has 0 N–H and O–H groups in total. The predicted molar refractivity (Wildman–Crippen MR) is 104 cm³/mol. The number of halogens is 1. The van der Waals surface area contributed by atoms with Crippen LogP contribution in [0.4, 0.5) is 5.69 Å². The molecule has 2 aromatic rings. The number of anilines is 1. The smallest absolute Gasteiger partial charge is 0.122 e. The number of ether oxygens (including phenoxy) is 1. The van der Waals surface area contributed by atoms with E-state index in [0.29, 0.717) is 12.1 Å². The molecule has 132 valence electrons. The highest BCUT2D eigenvalue weighted by Crippen LogP contribution is 2.37. The van der Waals surface area contributed by atoms with Crippen molar-refractivity contribution in [3.8, 4) is 5.75 Å². The van der Waals surface area contributed by atoms with Gasteiger partial charge in [0.2, 0.25) is 0 Å². The molecule has 0 amide bonds. The van der Waals surface area contributed by atoms with Crippen molar-refractivity contribution in [3.05, 3.63) is 58.1 Å². The minimum absolute atomic E-state index is 0.461.